The summed E-state index contributed by atoms with van der Waals surface area (Å²) in [5.41, 5.74) is 1.71. The van der Waals surface area contributed by atoms with E-state index in [2.05, 4.69) is 15.5 Å². The normalized spacial score (nSPS) is 15.1. The van der Waals surface area contributed by atoms with E-state index in [1.807, 2.05) is 48.5 Å². The Morgan fingerprint density at radius 2 is 1.83 bits per heavy atom. The highest BCUT2D eigenvalue weighted by Crippen LogP contribution is 2.21. The molecule has 0 bridgehead atoms. The molecule has 1 aliphatic heterocycles. The molecule has 2 N–H and O–H groups in total. The summed E-state index contributed by atoms with van der Waals surface area (Å²) in [4.78, 5) is 14.7. The molecule has 156 valence electrons. The number of piperidine rings is 1. The van der Waals surface area contributed by atoms with Crippen LogP contribution in [0.15, 0.2) is 60.7 Å². The van der Waals surface area contributed by atoms with E-state index >= 15 is 0 Å². The van der Waals surface area contributed by atoms with Crippen molar-refractivity contribution >= 4 is 22.5 Å². The summed E-state index contributed by atoms with van der Waals surface area (Å²) in [6.45, 7) is 2.40. The Bertz CT molecular complexity index is 1030. The summed E-state index contributed by atoms with van der Waals surface area (Å²) in [7, 11) is 1.46. The van der Waals surface area contributed by atoms with Crippen molar-refractivity contribution in [1.29, 1.82) is 0 Å². The molecule has 0 atom stereocenters. The number of urea groups is 1. The van der Waals surface area contributed by atoms with E-state index in [-0.39, 0.29) is 23.6 Å². The Labute approximate surface area is 175 Å². The van der Waals surface area contributed by atoms with Gasteiger partial charge in [0.15, 0.2) is 11.6 Å². The molecule has 6 heteroatoms. The molecule has 0 radical (unpaired) electrons. The first-order valence-electron chi connectivity index (χ1n) is 10.2. The minimum atomic E-state index is -0.336. The number of fused-ring (bicyclic) bond motifs is 1. The van der Waals surface area contributed by atoms with Crippen LogP contribution in [0.4, 0.5) is 14.9 Å². The van der Waals surface area contributed by atoms with Crippen molar-refractivity contribution in [3.8, 4) is 5.75 Å². The maximum Gasteiger partial charge on any atom is 0.319 e. The van der Waals surface area contributed by atoms with Crippen molar-refractivity contribution in [2.24, 2.45) is 0 Å². The van der Waals surface area contributed by atoms with Crippen molar-refractivity contribution in [2.45, 2.75) is 25.4 Å². The third-order valence-electron chi connectivity index (χ3n) is 5.55. The largest absolute Gasteiger partial charge is 0.494 e. The molecule has 0 spiro atoms. The number of amides is 2. The van der Waals surface area contributed by atoms with Gasteiger partial charge in [0, 0.05) is 31.4 Å². The summed E-state index contributed by atoms with van der Waals surface area (Å²) in [6, 6.07) is 19.0. The maximum atomic E-state index is 13.9. The van der Waals surface area contributed by atoms with Crippen LogP contribution in [0.2, 0.25) is 0 Å². The highest BCUT2D eigenvalue weighted by atomic mass is 19.1. The molecule has 0 aromatic heterocycles. The lowest BCUT2D eigenvalue weighted by Crippen LogP contribution is -2.45. The van der Waals surface area contributed by atoms with Gasteiger partial charge < -0.3 is 15.4 Å². The number of nitrogens with one attached hydrogen (secondary N) is 2. The topological polar surface area (TPSA) is 53.6 Å². The summed E-state index contributed by atoms with van der Waals surface area (Å²) in [5, 5.41) is 8.24. The highest BCUT2D eigenvalue weighted by molar-refractivity contribution is 5.93. The second-order valence-corrected chi connectivity index (χ2v) is 7.68. The van der Waals surface area contributed by atoms with Gasteiger partial charge in [-0.3, -0.25) is 4.90 Å². The van der Waals surface area contributed by atoms with E-state index in [1.54, 1.807) is 6.07 Å². The Morgan fingerprint density at radius 1 is 1.07 bits per heavy atom. The zero-order chi connectivity index (χ0) is 20.9. The number of likely N-dealkylation sites (tertiary alicyclic amines) is 1. The second-order valence-electron chi connectivity index (χ2n) is 7.68. The number of hydrogen-bond donors (Lipinski definition) is 2. The number of anilines is 1. The van der Waals surface area contributed by atoms with Crippen molar-refractivity contribution in [1.82, 2.24) is 10.2 Å². The van der Waals surface area contributed by atoms with Crippen molar-refractivity contribution in [2.75, 3.05) is 25.5 Å². The van der Waals surface area contributed by atoms with Crippen LogP contribution in [0.5, 0.6) is 5.75 Å². The van der Waals surface area contributed by atoms with Crippen LogP contribution >= 0.6 is 0 Å². The third kappa shape index (κ3) is 4.89. The quantitative estimate of drug-likeness (QED) is 0.640. The predicted molar refractivity (Wildman–Crippen MR) is 117 cm³/mol. The smallest absolute Gasteiger partial charge is 0.319 e. The van der Waals surface area contributed by atoms with E-state index in [9.17, 15) is 9.18 Å². The van der Waals surface area contributed by atoms with E-state index in [0.717, 1.165) is 48.0 Å². The van der Waals surface area contributed by atoms with Gasteiger partial charge in [-0.2, -0.15) is 0 Å². The fraction of sp³-hybridized carbons (Fsp3) is 0.292. The van der Waals surface area contributed by atoms with E-state index in [0.29, 0.717) is 6.54 Å². The number of halogens is 1. The zero-order valence-electron chi connectivity index (χ0n) is 17.0. The predicted octanol–water partition coefficient (Wildman–Crippen LogP) is 4.77. The summed E-state index contributed by atoms with van der Waals surface area (Å²) in [5.74, 6) is -0.0731. The molecule has 4 rings (SSSR count). The Balaban J connectivity index is 1.25. The number of methoxy groups -OCH3 is 1. The molecule has 2 amide bonds. The number of benzene rings is 3. The van der Waals surface area contributed by atoms with Gasteiger partial charge in [0.25, 0.3) is 0 Å². The molecule has 3 aromatic carbocycles. The molecule has 0 unspecified atom stereocenters. The van der Waals surface area contributed by atoms with Crippen LogP contribution in [0.3, 0.4) is 0 Å². The van der Waals surface area contributed by atoms with E-state index < -0.39 is 0 Å². The van der Waals surface area contributed by atoms with Gasteiger partial charge >= 0.3 is 6.03 Å². The van der Waals surface area contributed by atoms with Crippen LogP contribution in [0.25, 0.3) is 10.8 Å². The first-order valence-corrected chi connectivity index (χ1v) is 10.2. The lowest BCUT2D eigenvalue weighted by molar-refractivity contribution is 0.189. The molecule has 0 aliphatic carbocycles. The van der Waals surface area contributed by atoms with Crippen LogP contribution in [-0.4, -0.2) is 37.2 Å². The van der Waals surface area contributed by atoms with Crippen LogP contribution in [0, 0.1) is 5.82 Å². The second kappa shape index (κ2) is 9.13. The molecule has 0 saturated carbocycles. The van der Waals surface area contributed by atoms with Crippen LogP contribution < -0.4 is 15.4 Å². The fourth-order valence-corrected chi connectivity index (χ4v) is 3.92. The van der Waals surface area contributed by atoms with Gasteiger partial charge in [-0.05, 0) is 53.4 Å². The van der Waals surface area contributed by atoms with Crippen molar-refractivity contribution in [3.63, 3.8) is 0 Å². The van der Waals surface area contributed by atoms with Crippen LogP contribution in [0.1, 0.15) is 18.4 Å². The Morgan fingerprint density at radius 3 is 2.57 bits per heavy atom. The average molecular weight is 407 g/mol. The van der Waals surface area contributed by atoms with Gasteiger partial charge in [-0.1, -0.05) is 36.4 Å². The minimum absolute atomic E-state index is 0.134. The summed E-state index contributed by atoms with van der Waals surface area (Å²) < 4.78 is 18.8. The standard InChI is InChI=1S/C24H26FN3O2/c1-30-23-9-6-17(14-22(23)25)16-28-12-10-20(11-13-28)26-24(29)27-21-8-7-18-4-2-3-5-19(18)15-21/h2-9,14-15,20H,10-13,16H2,1H3,(H2,26,27,29). The number of carbonyl (C=O) groups excluding carboxylic acids is 1. The first-order chi connectivity index (χ1) is 14.6. The maximum absolute atomic E-state index is 13.9. The van der Waals surface area contributed by atoms with Crippen molar-refractivity contribution in [3.05, 3.63) is 72.0 Å². The average Bonchev–Trinajstić information content (AvgIpc) is 2.75. The van der Waals surface area contributed by atoms with Crippen molar-refractivity contribution < 1.29 is 13.9 Å². The molecule has 1 fully saturated rings. The molecular formula is C24H26FN3O2. The van der Waals surface area contributed by atoms with E-state index in [4.69, 9.17) is 4.74 Å². The molecule has 1 aliphatic rings. The SMILES string of the molecule is COc1ccc(CN2CCC(NC(=O)Nc3ccc4ccccc4c3)CC2)cc1F. The molecular weight excluding hydrogens is 381 g/mol. The van der Waals surface area contributed by atoms with Gasteiger partial charge in [0.05, 0.1) is 7.11 Å². The molecule has 5 nitrogen and oxygen atoms in total. The lowest BCUT2D eigenvalue weighted by atomic mass is 10.0. The Kier molecular flexibility index (Phi) is 6.14. The molecule has 3 aromatic rings. The van der Waals surface area contributed by atoms with Gasteiger partial charge in [0.1, 0.15) is 0 Å². The molecule has 30 heavy (non-hydrogen) atoms. The van der Waals surface area contributed by atoms with Gasteiger partial charge in [0.2, 0.25) is 0 Å². The number of hydrogen-bond acceptors (Lipinski definition) is 3. The first kappa shape index (κ1) is 20.2. The van der Waals surface area contributed by atoms with E-state index in [1.165, 1.54) is 13.2 Å². The number of carbonyl (C=O) groups is 1. The zero-order valence-corrected chi connectivity index (χ0v) is 17.0. The minimum Gasteiger partial charge on any atom is -0.494 e. The fourth-order valence-electron chi connectivity index (χ4n) is 3.92. The van der Waals surface area contributed by atoms with Gasteiger partial charge in [-0.25, -0.2) is 9.18 Å². The van der Waals surface area contributed by atoms with Gasteiger partial charge in [-0.15, -0.1) is 0 Å². The lowest BCUT2D eigenvalue weighted by Gasteiger charge is -2.32. The Hall–Kier alpha value is -3.12. The number of nitrogens with zero attached hydrogens (tertiary/aromatic N) is 1. The summed E-state index contributed by atoms with van der Waals surface area (Å²) in [6.07, 6.45) is 1.73. The number of ether oxygens (including phenoxy) is 1. The highest BCUT2D eigenvalue weighted by Gasteiger charge is 2.21. The third-order valence-corrected chi connectivity index (χ3v) is 5.55. The number of rotatable bonds is 5. The van der Waals surface area contributed by atoms with Crippen LogP contribution in [-0.2, 0) is 6.54 Å². The molecule has 1 saturated heterocycles. The molecule has 1 heterocycles. The summed E-state index contributed by atoms with van der Waals surface area (Å²) >= 11 is 0. The monoisotopic (exact) mass is 407 g/mol.